The van der Waals surface area contributed by atoms with Gasteiger partial charge in [0, 0.05) is 24.5 Å². The van der Waals surface area contributed by atoms with Crippen molar-refractivity contribution in [1.82, 2.24) is 5.32 Å². The molecule has 0 saturated heterocycles. The third kappa shape index (κ3) is 10.2. The van der Waals surface area contributed by atoms with Gasteiger partial charge in [-0.25, -0.2) is 0 Å². The van der Waals surface area contributed by atoms with Gasteiger partial charge in [-0.3, -0.25) is 4.79 Å². The average molecular weight is 287 g/mol. The summed E-state index contributed by atoms with van der Waals surface area (Å²) in [6.45, 7) is 13.2. The van der Waals surface area contributed by atoms with Crippen LogP contribution in [0.2, 0.25) is 0 Å². The van der Waals surface area contributed by atoms with E-state index in [4.69, 9.17) is 4.74 Å². The van der Waals surface area contributed by atoms with Gasteiger partial charge in [-0.1, -0.05) is 27.2 Å². The van der Waals surface area contributed by atoms with E-state index in [1.54, 1.807) is 0 Å². The molecule has 0 aromatic carbocycles. The van der Waals surface area contributed by atoms with Gasteiger partial charge >= 0.3 is 0 Å². The number of carbonyl (C=O) groups excluding carboxylic acids is 1. The number of hydrogen-bond acceptors (Lipinski definition) is 3. The molecule has 0 aromatic heterocycles. The van der Waals surface area contributed by atoms with Gasteiger partial charge in [0.25, 0.3) is 0 Å². The van der Waals surface area contributed by atoms with E-state index in [9.17, 15) is 9.90 Å². The Kier molecular flexibility index (Phi) is 8.36. The predicted molar refractivity (Wildman–Crippen MR) is 82.6 cm³/mol. The second kappa shape index (κ2) is 8.63. The number of ether oxygens (including phenoxy) is 1. The molecule has 0 aliphatic heterocycles. The number of aliphatic hydroxyl groups excluding tert-OH is 1. The maximum Gasteiger partial charge on any atom is 0.225 e. The highest BCUT2D eigenvalue weighted by atomic mass is 16.5. The number of hydrogen-bond donors (Lipinski definition) is 2. The van der Waals surface area contributed by atoms with Gasteiger partial charge in [0.2, 0.25) is 5.91 Å². The second-order valence-corrected chi connectivity index (χ2v) is 7.47. The summed E-state index contributed by atoms with van der Waals surface area (Å²) in [6.07, 6.45) is 2.86. The van der Waals surface area contributed by atoms with Crippen molar-refractivity contribution in [2.75, 3.05) is 19.8 Å². The Hall–Kier alpha value is -0.610. The summed E-state index contributed by atoms with van der Waals surface area (Å²) in [4.78, 5) is 11.7. The number of unbranched alkanes of at least 4 members (excludes halogenated alkanes) is 1. The summed E-state index contributed by atoms with van der Waals surface area (Å²) in [6, 6.07) is 0. The predicted octanol–water partition coefficient (Wildman–Crippen LogP) is 2.74. The van der Waals surface area contributed by atoms with Crippen molar-refractivity contribution in [3.8, 4) is 0 Å². The number of rotatable bonds is 8. The minimum absolute atomic E-state index is 0.0901. The Morgan fingerprint density at radius 1 is 1.15 bits per heavy atom. The summed E-state index contributed by atoms with van der Waals surface area (Å²) in [7, 11) is 0. The number of nitrogens with one attached hydrogen (secondary N) is 1. The maximum absolute atomic E-state index is 11.7. The number of carbonyl (C=O) groups is 1. The average Bonchev–Trinajstić information content (AvgIpc) is 2.29. The highest BCUT2D eigenvalue weighted by Gasteiger charge is 2.20. The van der Waals surface area contributed by atoms with Crippen LogP contribution in [0.4, 0.5) is 0 Å². The lowest BCUT2D eigenvalue weighted by atomic mass is 9.95. The van der Waals surface area contributed by atoms with Crippen LogP contribution in [0, 0.1) is 11.3 Å². The van der Waals surface area contributed by atoms with E-state index in [2.05, 4.69) is 5.32 Å². The Bertz CT molecular complexity index is 276. The summed E-state index contributed by atoms with van der Waals surface area (Å²) in [5, 5.41) is 12.3. The first-order valence-corrected chi connectivity index (χ1v) is 7.59. The van der Waals surface area contributed by atoms with Crippen molar-refractivity contribution in [1.29, 1.82) is 0 Å². The lowest BCUT2D eigenvalue weighted by molar-refractivity contribution is -0.128. The van der Waals surface area contributed by atoms with Crippen LogP contribution in [0.3, 0.4) is 0 Å². The molecular weight excluding hydrogens is 254 g/mol. The second-order valence-electron chi connectivity index (χ2n) is 7.47. The standard InChI is InChI=1S/C16H33NO3/c1-15(2,3)14(19)17-10-8-7-9-13(11-18)12-20-16(4,5)6/h13,18H,7-12H2,1-6H3,(H,17,19). The van der Waals surface area contributed by atoms with Gasteiger partial charge in [-0.2, -0.15) is 0 Å². The largest absolute Gasteiger partial charge is 0.396 e. The molecule has 0 aliphatic rings. The molecule has 1 atom stereocenters. The Balaban J connectivity index is 3.74. The molecule has 0 spiro atoms. The molecule has 0 radical (unpaired) electrons. The van der Waals surface area contributed by atoms with Crippen LogP contribution in [0.15, 0.2) is 0 Å². The van der Waals surface area contributed by atoms with Crippen LogP contribution in [0.1, 0.15) is 60.8 Å². The highest BCUT2D eigenvalue weighted by molar-refractivity contribution is 5.81. The minimum Gasteiger partial charge on any atom is -0.396 e. The molecule has 0 heterocycles. The molecule has 1 unspecified atom stereocenters. The Labute approximate surface area is 124 Å². The minimum atomic E-state index is -0.325. The quantitative estimate of drug-likeness (QED) is 0.675. The lowest BCUT2D eigenvalue weighted by Crippen LogP contribution is -2.35. The van der Waals surface area contributed by atoms with E-state index in [1.807, 2.05) is 41.5 Å². The van der Waals surface area contributed by atoms with Crippen LogP contribution < -0.4 is 5.32 Å². The van der Waals surface area contributed by atoms with Gasteiger partial charge < -0.3 is 15.2 Å². The zero-order valence-corrected chi connectivity index (χ0v) is 14.1. The van der Waals surface area contributed by atoms with E-state index in [1.165, 1.54) is 0 Å². The molecule has 120 valence electrons. The molecule has 0 saturated carbocycles. The van der Waals surface area contributed by atoms with Crippen molar-refractivity contribution < 1.29 is 14.6 Å². The lowest BCUT2D eigenvalue weighted by Gasteiger charge is -2.23. The van der Waals surface area contributed by atoms with Crippen LogP contribution in [-0.4, -0.2) is 36.4 Å². The third-order valence-electron chi connectivity index (χ3n) is 3.02. The smallest absolute Gasteiger partial charge is 0.225 e. The van der Waals surface area contributed by atoms with E-state index >= 15 is 0 Å². The fraction of sp³-hybridized carbons (Fsp3) is 0.938. The van der Waals surface area contributed by atoms with Gasteiger partial charge in [-0.05, 0) is 33.6 Å². The van der Waals surface area contributed by atoms with Crippen LogP contribution in [-0.2, 0) is 9.53 Å². The monoisotopic (exact) mass is 287 g/mol. The molecule has 0 aromatic rings. The van der Waals surface area contributed by atoms with Crippen LogP contribution >= 0.6 is 0 Å². The van der Waals surface area contributed by atoms with E-state index in [0.29, 0.717) is 13.2 Å². The molecule has 2 N–H and O–H groups in total. The van der Waals surface area contributed by atoms with Crippen LogP contribution in [0.25, 0.3) is 0 Å². The van der Waals surface area contributed by atoms with Crippen LogP contribution in [0.5, 0.6) is 0 Å². The number of aliphatic hydroxyl groups is 1. The Morgan fingerprint density at radius 2 is 1.75 bits per heavy atom. The molecular formula is C16H33NO3. The van der Waals surface area contributed by atoms with Gasteiger partial charge in [-0.15, -0.1) is 0 Å². The molecule has 4 heteroatoms. The maximum atomic E-state index is 11.7. The SMILES string of the molecule is CC(C)(C)OCC(CO)CCCCNC(=O)C(C)(C)C. The molecule has 1 amide bonds. The first kappa shape index (κ1) is 19.4. The fourth-order valence-electron chi connectivity index (χ4n) is 1.62. The third-order valence-corrected chi connectivity index (χ3v) is 3.02. The highest BCUT2D eigenvalue weighted by Crippen LogP contribution is 2.15. The normalized spacial score (nSPS) is 14.2. The summed E-state index contributed by atoms with van der Waals surface area (Å²) in [5.74, 6) is 0.278. The zero-order chi connectivity index (χ0) is 15.8. The molecule has 0 rings (SSSR count). The van der Waals surface area contributed by atoms with Gasteiger partial charge in [0.15, 0.2) is 0 Å². The first-order chi connectivity index (χ1) is 9.06. The molecule has 4 nitrogen and oxygen atoms in total. The molecule has 0 aliphatic carbocycles. The van der Waals surface area contributed by atoms with Crippen molar-refractivity contribution >= 4 is 5.91 Å². The molecule has 0 fully saturated rings. The summed E-state index contributed by atoms with van der Waals surface area (Å²) in [5.41, 5.74) is -0.484. The van der Waals surface area contributed by atoms with E-state index in [-0.39, 0.29) is 29.4 Å². The number of amides is 1. The van der Waals surface area contributed by atoms with Crippen molar-refractivity contribution in [3.05, 3.63) is 0 Å². The summed E-state index contributed by atoms with van der Waals surface area (Å²) < 4.78 is 5.69. The van der Waals surface area contributed by atoms with Crippen molar-refractivity contribution in [3.63, 3.8) is 0 Å². The van der Waals surface area contributed by atoms with Gasteiger partial charge in [0.1, 0.15) is 0 Å². The molecule has 20 heavy (non-hydrogen) atoms. The van der Waals surface area contributed by atoms with Crippen molar-refractivity contribution in [2.24, 2.45) is 11.3 Å². The van der Waals surface area contributed by atoms with Gasteiger partial charge in [0.05, 0.1) is 12.2 Å². The molecule has 0 bridgehead atoms. The first-order valence-electron chi connectivity index (χ1n) is 7.59. The van der Waals surface area contributed by atoms with E-state index < -0.39 is 0 Å². The van der Waals surface area contributed by atoms with E-state index in [0.717, 1.165) is 19.3 Å². The summed E-state index contributed by atoms with van der Waals surface area (Å²) >= 11 is 0. The fourth-order valence-corrected chi connectivity index (χ4v) is 1.62. The topological polar surface area (TPSA) is 58.6 Å². The van der Waals surface area contributed by atoms with Crippen molar-refractivity contribution in [2.45, 2.75) is 66.4 Å². The zero-order valence-electron chi connectivity index (χ0n) is 14.1. The Morgan fingerprint density at radius 3 is 2.20 bits per heavy atom.